The van der Waals surface area contributed by atoms with Crippen molar-refractivity contribution in [3.63, 3.8) is 0 Å². The van der Waals surface area contributed by atoms with E-state index in [0.29, 0.717) is 25.5 Å². The molecule has 1 heterocycles. The maximum atomic E-state index is 11.3. The quantitative estimate of drug-likeness (QED) is 0.753. The summed E-state index contributed by atoms with van der Waals surface area (Å²) in [5.74, 6) is 0.238. The van der Waals surface area contributed by atoms with E-state index in [1.54, 1.807) is 23.1 Å². The van der Waals surface area contributed by atoms with Gasteiger partial charge in [-0.15, -0.1) is 0 Å². The van der Waals surface area contributed by atoms with Gasteiger partial charge in [0.1, 0.15) is 17.5 Å². The van der Waals surface area contributed by atoms with Crippen LogP contribution < -0.4 is 4.90 Å². The van der Waals surface area contributed by atoms with E-state index in [4.69, 9.17) is 4.55 Å². The summed E-state index contributed by atoms with van der Waals surface area (Å²) in [5.41, 5.74) is 2.77. The second kappa shape index (κ2) is 7.35. The Bertz CT molecular complexity index is 910. The fourth-order valence-electron chi connectivity index (χ4n) is 2.87. The lowest BCUT2D eigenvalue weighted by Crippen LogP contribution is -2.39. The molecule has 2 aromatic carbocycles. The molecule has 2 N–H and O–H groups in total. The maximum absolute atomic E-state index is 11.3. The third-order valence-electron chi connectivity index (χ3n) is 4.13. The number of aromatic hydroxyl groups is 1. The molecule has 0 saturated heterocycles. The van der Waals surface area contributed by atoms with Crippen LogP contribution in [-0.2, 0) is 10.1 Å². The van der Waals surface area contributed by atoms with Crippen LogP contribution in [-0.4, -0.2) is 54.3 Å². The first-order valence-electron chi connectivity index (χ1n) is 8.18. The van der Waals surface area contributed by atoms with Crippen LogP contribution >= 0.6 is 0 Å². The highest BCUT2D eigenvalue weighted by atomic mass is 32.2. The van der Waals surface area contributed by atoms with Crippen LogP contribution in [0.5, 0.6) is 5.75 Å². The van der Waals surface area contributed by atoms with Crippen LogP contribution in [0.1, 0.15) is 5.56 Å². The number of amidine groups is 1. The van der Waals surface area contributed by atoms with Gasteiger partial charge in [0.15, 0.2) is 0 Å². The Hall–Kier alpha value is -2.58. The summed E-state index contributed by atoms with van der Waals surface area (Å²) in [6.07, 6.45) is 0. The second-order valence-corrected chi connectivity index (χ2v) is 7.64. The summed E-state index contributed by atoms with van der Waals surface area (Å²) in [4.78, 5) is 7.89. The number of aryl methyl sites for hydroxylation is 1. The van der Waals surface area contributed by atoms with E-state index in [0.717, 1.165) is 16.9 Å². The predicted molar refractivity (Wildman–Crippen MR) is 102 cm³/mol. The molecule has 0 fully saturated rings. The van der Waals surface area contributed by atoms with Crippen molar-refractivity contribution in [1.29, 1.82) is 0 Å². The molecule has 1 aliphatic rings. The van der Waals surface area contributed by atoms with Gasteiger partial charge in [0.25, 0.3) is 10.1 Å². The van der Waals surface area contributed by atoms with Gasteiger partial charge in [-0.25, -0.2) is 0 Å². The number of phenols is 1. The zero-order chi connectivity index (χ0) is 18.7. The van der Waals surface area contributed by atoms with Gasteiger partial charge in [-0.2, -0.15) is 8.42 Å². The number of rotatable bonds is 6. The first kappa shape index (κ1) is 18.2. The number of nitrogens with zero attached hydrogens (tertiary/aromatic N) is 3. The van der Waals surface area contributed by atoms with Gasteiger partial charge >= 0.3 is 0 Å². The van der Waals surface area contributed by atoms with Crippen molar-refractivity contribution in [2.24, 2.45) is 4.99 Å². The van der Waals surface area contributed by atoms with Gasteiger partial charge in [-0.3, -0.25) is 9.55 Å². The lowest BCUT2D eigenvalue weighted by Gasteiger charge is -2.28. The molecule has 0 aromatic heterocycles. The number of hydrogen-bond donors (Lipinski definition) is 2. The van der Waals surface area contributed by atoms with Crippen molar-refractivity contribution in [2.45, 2.75) is 6.92 Å². The highest BCUT2D eigenvalue weighted by molar-refractivity contribution is 7.85. The fourth-order valence-corrected chi connectivity index (χ4v) is 3.55. The van der Waals surface area contributed by atoms with Gasteiger partial charge in [0, 0.05) is 24.0 Å². The van der Waals surface area contributed by atoms with E-state index >= 15 is 0 Å². The highest BCUT2D eigenvalue weighted by Gasteiger charge is 2.24. The Morgan fingerprint density at radius 3 is 2.54 bits per heavy atom. The molecule has 0 amide bonds. The van der Waals surface area contributed by atoms with Crippen molar-refractivity contribution in [2.75, 3.05) is 30.4 Å². The Balaban J connectivity index is 1.92. The van der Waals surface area contributed by atoms with Crippen molar-refractivity contribution in [3.8, 4) is 5.75 Å². The SMILES string of the molecule is Cc1ccc(N(CC2=NCCN2CS(=O)(=O)O)c2cccc(O)c2)cc1. The molecule has 0 radical (unpaired) electrons. The van der Waals surface area contributed by atoms with Crippen LogP contribution in [0.2, 0.25) is 0 Å². The third kappa shape index (κ3) is 4.53. The molecule has 0 spiro atoms. The zero-order valence-corrected chi connectivity index (χ0v) is 15.2. The summed E-state index contributed by atoms with van der Waals surface area (Å²) < 4.78 is 31.7. The minimum atomic E-state index is -4.13. The molecular weight excluding hydrogens is 354 g/mol. The first-order chi connectivity index (χ1) is 12.3. The predicted octanol–water partition coefficient (Wildman–Crippen LogP) is 2.40. The molecule has 0 unspecified atom stereocenters. The standard InChI is InChI=1S/C18H21N3O4S/c1-14-5-7-15(8-6-14)21(16-3-2-4-17(22)11-16)12-18-19-9-10-20(18)13-26(23,24)25/h2-8,11,22H,9-10,12-13H2,1H3,(H,23,24,25). The molecule has 138 valence electrons. The van der Waals surface area contributed by atoms with Gasteiger partial charge < -0.3 is 14.9 Å². The van der Waals surface area contributed by atoms with Crippen LogP contribution in [0.3, 0.4) is 0 Å². The van der Waals surface area contributed by atoms with Crippen molar-refractivity contribution in [1.82, 2.24) is 4.90 Å². The summed E-state index contributed by atoms with van der Waals surface area (Å²) in [6.45, 7) is 3.24. The fraction of sp³-hybridized carbons (Fsp3) is 0.278. The van der Waals surface area contributed by atoms with Crippen LogP contribution in [0.25, 0.3) is 0 Å². The topological polar surface area (TPSA) is 93.4 Å². The lowest BCUT2D eigenvalue weighted by atomic mass is 10.2. The van der Waals surface area contributed by atoms with Gasteiger partial charge in [0.2, 0.25) is 0 Å². The molecule has 0 atom stereocenters. The summed E-state index contributed by atoms with van der Waals surface area (Å²) >= 11 is 0. The number of benzene rings is 2. The second-order valence-electron chi connectivity index (χ2n) is 6.21. The summed E-state index contributed by atoms with van der Waals surface area (Å²) in [7, 11) is -4.13. The molecule has 0 aliphatic carbocycles. The van der Waals surface area contributed by atoms with E-state index in [1.807, 2.05) is 42.2 Å². The van der Waals surface area contributed by atoms with Crippen molar-refractivity contribution < 1.29 is 18.1 Å². The molecule has 1 aliphatic heterocycles. The monoisotopic (exact) mass is 375 g/mol. The van der Waals surface area contributed by atoms with E-state index < -0.39 is 16.0 Å². The van der Waals surface area contributed by atoms with Crippen molar-refractivity contribution in [3.05, 3.63) is 54.1 Å². The Kier molecular flexibility index (Phi) is 5.15. The Labute approximate surface area is 153 Å². The highest BCUT2D eigenvalue weighted by Crippen LogP contribution is 2.28. The van der Waals surface area contributed by atoms with Crippen LogP contribution in [0, 0.1) is 6.92 Å². The molecule has 0 bridgehead atoms. The minimum Gasteiger partial charge on any atom is -0.508 e. The maximum Gasteiger partial charge on any atom is 0.283 e. The molecule has 0 saturated carbocycles. The number of anilines is 2. The Morgan fingerprint density at radius 2 is 1.88 bits per heavy atom. The molecule has 8 heteroatoms. The largest absolute Gasteiger partial charge is 0.508 e. The molecule has 3 rings (SSSR count). The van der Waals surface area contributed by atoms with Crippen molar-refractivity contribution >= 4 is 27.3 Å². The number of aliphatic imine (C=N–C) groups is 1. The normalized spacial score (nSPS) is 14.4. The summed E-state index contributed by atoms with van der Waals surface area (Å²) in [5, 5.41) is 9.84. The van der Waals surface area contributed by atoms with E-state index in [1.165, 1.54) is 0 Å². The molecule has 2 aromatic rings. The van der Waals surface area contributed by atoms with Gasteiger partial charge in [-0.05, 0) is 31.2 Å². The van der Waals surface area contributed by atoms with E-state index in [-0.39, 0.29) is 5.75 Å². The number of hydrogen-bond acceptors (Lipinski definition) is 6. The van der Waals surface area contributed by atoms with Crippen LogP contribution in [0.4, 0.5) is 11.4 Å². The molecule has 7 nitrogen and oxygen atoms in total. The van der Waals surface area contributed by atoms with Gasteiger partial charge in [-0.1, -0.05) is 23.8 Å². The smallest absolute Gasteiger partial charge is 0.283 e. The first-order valence-corrected chi connectivity index (χ1v) is 9.79. The van der Waals surface area contributed by atoms with E-state index in [9.17, 15) is 13.5 Å². The van der Waals surface area contributed by atoms with Gasteiger partial charge in [0.05, 0.1) is 13.1 Å². The Morgan fingerprint density at radius 1 is 1.15 bits per heavy atom. The van der Waals surface area contributed by atoms with Crippen LogP contribution in [0.15, 0.2) is 53.5 Å². The zero-order valence-electron chi connectivity index (χ0n) is 14.4. The van der Waals surface area contributed by atoms with E-state index in [2.05, 4.69) is 4.99 Å². The number of phenolic OH excluding ortho intramolecular Hbond substituents is 1. The molecular formula is C18H21N3O4S. The summed E-state index contributed by atoms with van der Waals surface area (Å²) in [6, 6.07) is 14.7. The average molecular weight is 375 g/mol. The minimum absolute atomic E-state index is 0.141. The third-order valence-corrected chi connectivity index (χ3v) is 4.77. The average Bonchev–Trinajstić information content (AvgIpc) is 2.98. The lowest BCUT2D eigenvalue weighted by molar-refractivity contribution is 0.438. The molecule has 26 heavy (non-hydrogen) atoms.